The molecule has 4 heteroatoms. The van der Waals surface area contributed by atoms with Gasteiger partial charge in [0.05, 0.1) is 18.8 Å². The van der Waals surface area contributed by atoms with E-state index in [4.69, 9.17) is 10.5 Å². The lowest BCUT2D eigenvalue weighted by Crippen LogP contribution is -2.49. The average molecular weight is 264 g/mol. The summed E-state index contributed by atoms with van der Waals surface area (Å²) in [4.78, 5) is 2.31. The third kappa shape index (κ3) is 3.47. The molecule has 1 heterocycles. The maximum absolute atomic E-state index is 10.4. The van der Waals surface area contributed by atoms with Crippen LogP contribution in [0.1, 0.15) is 31.9 Å². The van der Waals surface area contributed by atoms with Gasteiger partial charge in [-0.2, -0.15) is 0 Å². The Balaban J connectivity index is 2.04. The molecule has 0 bridgehead atoms. The van der Waals surface area contributed by atoms with Crippen molar-refractivity contribution < 1.29 is 9.84 Å². The Morgan fingerprint density at radius 2 is 2.21 bits per heavy atom. The zero-order valence-corrected chi connectivity index (χ0v) is 11.7. The minimum Gasteiger partial charge on any atom is -0.398 e. The molecule has 0 aliphatic carbocycles. The van der Waals surface area contributed by atoms with Crippen LogP contribution >= 0.6 is 0 Å². The van der Waals surface area contributed by atoms with E-state index < -0.39 is 6.10 Å². The third-order valence-electron chi connectivity index (χ3n) is 3.81. The number of hydrogen-bond acceptors (Lipinski definition) is 4. The summed E-state index contributed by atoms with van der Waals surface area (Å²) in [5.41, 5.74) is 7.39. The summed E-state index contributed by atoms with van der Waals surface area (Å²) in [5.74, 6) is 0. The summed E-state index contributed by atoms with van der Waals surface area (Å²) in [7, 11) is 0. The predicted octanol–water partition coefficient (Wildman–Crippen LogP) is 1.80. The second kappa shape index (κ2) is 6.37. The van der Waals surface area contributed by atoms with Gasteiger partial charge in [-0.15, -0.1) is 0 Å². The molecule has 106 valence electrons. The fraction of sp³-hybridized carbons (Fsp3) is 0.600. The maximum Gasteiger partial charge on any atom is 0.0936 e. The van der Waals surface area contributed by atoms with Gasteiger partial charge in [0.15, 0.2) is 0 Å². The lowest BCUT2D eigenvalue weighted by atomic mass is 10.0. The van der Waals surface area contributed by atoms with Gasteiger partial charge in [-0.3, -0.25) is 4.90 Å². The first-order chi connectivity index (χ1) is 9.11. The summed E-state index contributed by atoms with van der Waals surface area (Å²) in [6.45, 7) is 6.44. The van der Waals surface area contributed by atoms with Crippen LogP contribution in [0.3, 0.4) is 0 Å². The molecular weight excluding hydrogens is 240 g/mol. The van der Waals surface area contributed by atoms with E-state index in [1.807, 2.05) is 24.3 Å². The van der Waals surface area contributed by atoms with Crippen molar-refractivity contribution >= 4 is 5.69 Å². The van der Waals surface area contributed by atoms with Gasteiger partial charge >= 0.3 is 0 Å². The first-order valence-electron chi connectivity index (χ1n) is 7.00. The summed E-state index contributed by atoms with van der Waals surface area (Å²) in [6, 6.07) is 7.91. The SMILES string of the molecule is CCC1COC(C)CN1CC(O)c1ccccc1N. The van der Waals surface area contributed by atoms with Crippen molar-refractivity contribution in [2.45, 2.75) is 38.5 Å². The molecule has 1 aliphatic rings. The second-order valence-corrected chi connectivity index (χ2v) is 5.30. The zero-order chi connectivity index (χ0) is 13.8. The minimum atomic E-state index is -0.541. The number of ether oxygens (including phenoxy) is 1. The van der Waals surface area contributed by atoms with Gasteiger partial charge in [-0.1, -0.05) is 25.1 Å². The fourth-order valence-electron chi connectivity index (χ4n) is 2.65. The quantitative estimate of drug-likeness (QED) is 0.814. The van der Waals surface area contributed by atoms with Crippen LogP contribution < -0.4 is 5.73 Å². The molecule has 0 radical (unpaired) electrons. The van der Waals surface area contributed by atoms with Gasteiger partial charge in [0, 0.05) is 30.4 Å². The van der Waals surface area contributed by atoms with Gasteiger partial charge in [0.25, 0.3) is 0 Å². The lowest BCUT2D eigenvalue weighted by molar-refractivity contribution is -0.0680. The van der Waals surface area contributed by atoms with Gasteiger partial charge in [-0.25, -0.2) is 0 Å². The van der Waals surface area contributed by atoms with Gasteiger partial charge in [0.1, 0.15) is 0 Å². The molecule has 0 saturated carbocycles. The maximum atomic E-state index is 10.4. The molecule has 0 aromatic heterocycles. The third-order valence-corrected chi connectivity index (χ3v) is 3.81. The highest BCUT2D eigenvalue weighted by Crippen LogP contribution is 2.23. The number of hydrogen-bond donors (Lipinski definition) is 2. The largest absolute Gasteiger partial charge is 0.398 e. The normalized spacial score (nSPS) is 26.3. The number of β-amino-alcohol motifs (C(OH)–C–C–N with tert-alkyl or cyclic N) is 1. The molecular formula is C15H24N2O2. The van der Waals surface area contributed by atoms with Crippen LogP contribution in [0.25, 0.3) is 0 Å². The molecule has 0 amide bonds. The van der Waals surface area contributed by atoms with Gasteiger partial charge in [0.2, 0.25) is 0 Å². The van der Waals surface area contributed by atoms with Crippen LogP contribution in [0.5, 0.6) is 0 Å². The number of anilines is 1. The van der Waals surface area contributed by atoms with Crippen LogP contribution in [0, 0.1) is 0 Å². The molecule has 19 heavy (non-hydrogen) atoms. The van der Waals surface area contributed by atoms with Crippen molar-refractivity contribution in [1.82, 2.24) is 4.90 Å². The molecule has 4 nitrogen and oxygen atoms in total. The number of aliphatic hydroxyl groups excluding tert-OH is 1. The fourth-order valence-corrected chi connectivity index (χ4v) is 2.65. The van der Waals surface area contributed by atoms with E-state index in [0.717, 1.165) is 25.1 Å². The average Bonchev–Trinajstić information content (AvgIpc) is 2.39. The van der Waals surface area contributed by atoms with Crippen molar-refractivity contribution in [3.8, 4) is 0 Å². The highest BCUT2D eigenvalue weighted by atomic mass is 16.5. The molecule has 0 spiro atoms. The van der Waals surface area contributed by atoms with Crippen LogP contribution in [-0.2, 0) is 4.74 Å². The number of nitrogens with zero attached hydrogens (tertiary/aromatic N) is 1. The van der Waals surface area contributed by atoms with Crippen molar-refractivity contribution in [3.63, 3.8) is 0 Å². The molecule has 1 aliphatic heterocycles. The summed E-state index contributed by atoms with van der Waals surface area (Å²) in [5, 5.41) is 10.4. The number of rotatable bonds is 4. The lowest BCUT2D eigenvalue weighted by Gasteiger charge is -2.39. The number of para-hydroxylation sites is 1. The topological polar surface area (TPSA) is 58.7 Å². The molecule has 3 N–H and O–H groups in total. The van der Waals surface area contributed by atoms with E-state index in [2.05, 4.69) is 18.7 Å². The van der Waals surface area contributed by atoms with Gasteiger partial charge in [-0.05, 0) is 19.4 Å². The summed E-state index contributed by atoms with van der Waals surface area (Å²) < 4.78 is 5.67. The monoisotopic (exact) mass is 264 g/mol. The Kier molecular flexibility index (Phi) is 4.80. The highest BCUT2D eigenvalue weighted by Gasteiger charge is 2.27. The molecule has 2 rings (SSSR count). The summed E-state index contributed by atoms with van der Waals surface area (Å²) in [6.07, 6.45) is 0.715. The Labute approximate surface area is 115 Å². The van der Waals surface area contributed by atoms with E-state index in [0.29, 0.717) is 18.3 Å². The first-order valence-corrected chi connectivity index (χ1v) is 7.00. The van der Waals surface area contributed by atoms with Crippen LogP contribution in [-0.4, -0.2) is 41.8 Å². The zero-order valence-electron chi connectivity index (χ0n) is 11.7. The Hall–Kier alpha value is -1.10. The number of nitrogen functional groups attached to an aromatic ring is 1. The van der Waals surface area contributed by atoms with E-state index in [1.54, 1.807) is 0 Å². The number of morpholine rings is 1. The number of benzene rings is 1. The van der Waals surface area contributed by atoms with E-state index in [1.165, 1.54) is 0 Å². The minimum absolute atomic E-state index is 0.225. The van der Waals surface area contributed by atoms with E-state index in [9.17, 15) is 5.11 Å². The van der Waals surface area contributed by atoms with Crippen LogP contribution in [0.15, 0.2) is 24.3 Å². The highest BCUT2D eigenvalue weighted by molar-refractivity contribution is 5.47. The smallest absolute Gasteiger partial charge is 0.0936 e. The first kappa shape index (κ1) is 14.3. The molecule has 3 unspecified atom stereocenters. The molecule has 1 aromatic carbocycles. The van der Waals surface area contributed by atoms with E-state index >= 15 is 0 Å². The standard InChI is InChI=1S/C15H24N2O2/c1-3-12-10-19-11(2)8-17(12)9-15(18)13-6-4-5-7-14(13)16/h4-7,11-12,15,18H,3,8-10,16H2,1-2H3. The van der Waals surface area contributed by atoms with Crippen molar-refractivity contribution in [2.24, 2.45) is 0 Å². The van der Waals surface area contributed by atoms with Crippen molar-refractivity contribution in [3.05, 3.63) is 29.8 Å². The molecule has 1 fully saturated rings. The second-order valence-electron chi connectivity index (χ2n) is 5.30. The van der Waals surface area contributed by atoms with Crippen LogP contribution in [0.2, 0.25) is 0 Å². The molecule has 3 atom stereocenters. The number of aliphatic hydroxyl groups is 1. The Morgan fingerprint density at radius 1 is 1.47 bits per heavy atom. The molecule has 1 saturated heterocycles. The predicted molar refractivity (Wildman–Crippen MR) is 76.9 cm³/mol. The number of nitrogens with two attached hydrogens (primary N) is 1. The summed E-state index contributed by atoms with van der Waals surface area (Å²) >= 11 is 0. The van der Waals surface area contributed by atoms with Crippen molar-refractivity contribution in [2.75, 3.05) is 25.4 Å². The van der Waals surface area contributed by atoms with E-state index in [-0.39, 0.29) is 6.10 Å². The molecule has 1 aromatic rings. The van der Waals surface area contributed by atoms with Crippen LogP contribution in [0.4, 0.5) is 5.69 Å². The van der Waals surface area contributed by atoms with Crippen molar-refractivity contribution in [1.29, 1.82) is 0 Å². The Morgan fingerprint density at radius 3 is 2.89 bits per heavy atom. The van der Waals surface area contributed by atoms with Gasteiger partial charge < -0.3 is 15.6 Å². The Bertz CT molecular complexity index is 411.